The van der Waals surface area contributed by atoms with Gasteiger partial charge in [-0.3, -0.25) is 4.84 Å². The number of rotatable bonds is 2. The third-order valence-corrected chi connectivity index (χ3v) is 0.716. The highest BCUT2D eigenvalue weighted by atomic mass is 16.7. The number of nitrogens with one attached hydrogen (secondary N) is 1. The highest BCUT2D eigenvalue weighted by Gasteiger charge is 2.12. The zero-order chi connectivity index (χ0) is 8.91. The van der Waals surface area contributed by atoms with E-state index >= 15 is 0 Å². The monoisotopic (exact) mass is 161 g/mol. The molecule has 1 N–H and O–H groups in total. The van der Waals surface area contributed by atoms with Crippen molar-refractivity contribution in [3.63, 3.8) is 0 Å². The van der Waals surface area contributed by atoms with Gasteiger partial charge < -0.3 is 4.74 Å². The highest BCUT2D eigenvalue weighted by Crippen LogP contribution is 2.03. The Morgan fingerprint density at radius 3 is 2.36 bits per heavy atom. The molecule has 0 bridgehead atoms. The van der Waals surface area contributed by atoms with E-state index in [9.17, 15) is 4.79 Å². The third-order valence-electron chi connectivity index (χ3n) is 0.716. The van der Waals surface area contributed by atoms with Crippen molar-refractivity contribution in [3.8, 4) is 0 Å². The van der Waals surface area contributed by atoms with Gasteiger partial charge in [0.1, 0.15) is 0 Å². The summed E-state index contributed by atoms with van der Waals surface area (Å²) in [7, 11) is 0. The molecule has 0 aliphatic carbocycles. The molecule has 0 unspecified atom stereocenters. The smallest absolute Gasteiger partial charge is 0.431 e. The standard InChI is InChI=1S/C7H15NO3/c1-5-10-6(9)8-11-7(2,3)4/h5H2,1-4H3,(H,8,9). The van der Waals surface area contributed by atoms with Crippen LogP contribution < -0.4 is 5.48 Å². The van der Waals surface area contributed by atoms with Crippen LogP contribution in [-0.4, -0.2) is 18.3 Å². The molecule has 0 atom stereocenters. The van der Waals surface area contributed by atoms with Gasteiger partial charge in [0.05, 0.1) is 12.2 Å². The molecule has 0 rings (SSSR count). The van der Waals surface area contributed by atoms with E-state index in [2.05, 4.69) is 10.2 Å². The van der Waals surface area contributed by atoms with Crippen LogP contribution in [0.15, 0.2) is 0 Å². The van der Waals surface area contributed by atoms with Crippen molar-refractivity contribution < 1.29 is 14.4 Å². The van der Waals surface area contributed by atoms with Crippen molar-refractivity contribution in [2.45, 2.75) is 33.3 Å². The van der Waals surface area contributed by atoms with Gasteiger partial charge in [-0.05, 0) is 27.7 Å². The molecular weight excluding hydrogens is 146 g/mol. The van der Waals surface area contributed by atoms with Gasteiger partial charge in [0, 0.05) is 0 Å². The Bertz CT molecular complexity index is 128. The zero-order valence-electron chi connectivity index (χ0n) is 7.43. The molecule has 0 heterocycles. The predicted molar refractivity (Wildman–Crippen MR) is 41.0 cm³/mol. The summed E-state index contributed by atoms with van der Waals surface area (Å²) in [6, 6.07) is 0. The van der Waals surface area contributed by atoms with Crippen LogP contribution in [0.2, 0.25) is 0 Å². The fourth-order valence-corrected chi connectivity index (χ4v) is 0.355. The quantitative estimate of drug-likeness (QED) is 0.624. The lowest BCUT2D eigenvalue weighted by atomic mass is 10.2. The SMILES string of the molecule is CCOC(=O)NOC(C)(C)C. The molecule has 0 fully saturated rings. The van der Waals surface area contributed by atoms with E-state index in [1.807, 2.05) is 20.8 Å². The average Bonchev–Trinajstić information content (AvgIpc) is 1.83. The summed E-state index contributed by atoms with van der Waals surface area (Å²) < 4.78 is 4.56. The Morgan fingerprint density at radius 1 is 1.45 bits per heavy atom. The maximum Gasteiger partial charge on any atom is 0.431 e. The summed E-state index contributed by atoms with van der Waals surface area (Å²) in [6.07, 6.45) is -0.553. The van der Waals surface area contributed by atoms with E-state index in [0.29, 0.717) is 6.61 Å². The Hall–Kier alpha value is -0.770. The summed E-state index contributed by atoms with van der Waals surface area (Å²) in [5, 5.41) is 0. The summed E-state index contributed by atoms with van der Waals surface area (Å²) in [5.74, 6) is 0. The Balaban J connectivity index is 3.46. The largest absolute Gasteiger partial charge is 0.448 e. The minimum absolute atomic E-state index is 0.347. The van der Waals surface area contributed by atoms with Crippen LogP contribution >= 0.6 is 0 Å². The maximum atomic E-state index is 10.6. The van der Waals surface area contributed by atoms with Gasteiger partial charge in [0.2, 0.25) is 0 Å². The lowest BCUT2D eigenvalue weighted by molar-refractivity contribution is -0.0657. The van der Waals surface area contributed by atoms with Crippen LogP contribution in [0.4, 0.5) is 4.79 Å². The van der Waals surface area contributed by atoms with E-state index in [-0.39, 0.29) is 5.60 Å². The van der Waals surface area contributed by atoms with Gasteiger partial charge >= 0.3 is 6.09 Å². The van der Waals surface area contributed by atoms with Crippen LogP contribution in [0, 0.1) is 0 Å². The number of ether oxygens (including phenoxy) is 1. The van der Waals surface area contributed by atoms with E-state index < -0.39 is 6.09 Å². The second-order valence-electron chi connectivity index (χ2n) is 3.04. The predicted octanol–water partition coefficient (Wildman–Crippen LogP) is 1.46. The van der Waals surface area contributed by atoms with Crippen molar-refractivity contribution in [2.75, 3.05) is 6.61 Å². The van der Waals surface area contributed by atoms with Gasteiger partial charge in [-0.25, -0.2) is 4.79 Å². The van der Waals surface area contributed by atoms with Crippen molar-refractivity contribution in [1.82, 2.24) is 5.48 Å². The van der Waals surface area contributed by atoms with Crippen LogP contribution in [0.1, 0.15) is 27.7 Å². The lowest BCUT2D eigenvalue weighted by Gasteiger charge is -2.18. The topological polar surface area (TPSA) is 47.6 Å². The summed E-state index contributed by atoms with van der Waals surface area (Å²) in [4.78, 5) is 15.6. The van der Waals surface area contributed by atoms with Gasteiger partial charge in [-0.2, -0.15) is 5.48 Å². The molecule has 66 valence electrons. The number of hydroxylamine groups is 1. The first-order valence-electron chi connectivity index (χ1n) is 3.56. The number of amides is 1. The molecule has 1 amide bonds. The van der Waals surface area contributed by atoms with Crippen molar-refractivity contribution in [1.29, 1.82) is 0 Å². The molecule has 0 aromatic carbocycles. The van der Waals surface area contributed by atoms with Gasteiger partial charge in [-0.1, -0.05) is 0 Å². The first-order chi connectivity index (χ1) is 4.95. The van der Waals surface area contributed by atoms with Gasteiger partial charge in [-0.15, -0.1) is 0 Å². The summed E-state index contributed by atoms with van der Waals surface area (Å²) in [6.45, 7) is 7.58. The Labute approximate surface area is 66.8 Å². The molecule has 0 aromatic heterocycles. The van der Waals surface area contributed by atoms with Gasteiger partial charge in [0.15, 0.2) is 0 Å². The summed E-state index contributed by atoms with van der Waals surface area (Å²) in [5.41, 5.74) is 1.78. The molecule has 0 spiro atoms. The van der Waals surface area contributed by atoms with Crippen LogP contribution in [0.25, 0.3) is 0 Å². The fourth-order valence-electron chi connectivity index (χ4n) is 0.355. The molecule has 4 heteroatoms. The number of hydrogen-bond acceptors (Lipinski definition) is 3. The zero-order valence-corrected chi connectivity index (χ0v) is 7.43. The van der Waals surface area contributed by atoms with E-state index in [1.165, 1.54) is 0 Å². The molecule has 4 nitrogen and oxygen atoms in total. The molecule has 0 saturated carbocycles. The number of carbonyl (C=O) groups is 1. The van der Waals surface area contributed by atoms with Crippen LogP contribution in [-0.2, 0) is 9.57 Å². The van der Waals surface area contributed by atoms with Crippen molar-refractivity contribution >= 4 is 6.09 Å². The van der Waals surface area contributed by atoms with Crippen LogP contribution in [0.3, 0.4) is 0 Å². The van der Waals surface area contributed by atoms with Gasteiger partial charge in [0.25, 0.3) is 0 Å². The second kappa shape index (κ2) is 4.18. The second-order valence-corrected chi connectivity index (χ2v) is 3.04. The van der Waals surface area contributed by atoms with Crippen molar-refractivity contribution in [3.05, 3.63) is 0 Å². The molecular formula is C7H15NO3. The number of carbonyl (C=O) groups excluding carboxylic acids is 1. The summed E-state index contributed by atoms with van der Waals surface area (Å²) >= 11 is 0. The maximum absolute atomic E-state index is 10.6. The molecule has 0 aliphatic rings. The minimum atomic E-state index is -0.553. The first kappa shape index (κ1) is 10.2. The molecule has 0 radical (unpaired) electrons. The third kappa shape index (κ3) is 7.12. The highest BCUT2D eigenvalue weighted by molar-refractivity contribution is 5.65. The number of hydrogen-bond donors (Lipinski definition) is 1. The fraction of sp³-hybridized carbons (Fsp3) is 0.857. The Morgan fingerprint density at radius 2 is 2.00 bits per heavy atom. The molecule has 0 saturated heterocycles. The van der Waals surface area contributed by atoms with E-state index in [0.717, 1.165) is 0 Å². The molecule has 0 aliphatic heterocycles. The lowest BCUT2D eigenvalue weighted by Crippen LogP contribution is -2.33. The average molecular weight is 161 g/mol. The van der Waals surface area contributed by atoms with Crippen molar-refractivity contribution in [2.24, 2.45) is 0 Å². The first-order valence-corrected chi connectivity index (χ1v) is 3.56. The Kier molecular flexibility index (Phi) is 3.89. The molecule has 0 aromatic rings. The molecule has 11 heavy (non-hydrogen) atoms. The van der Waals surface area contributed by atoms with Crippen LogP contribution in [0.5, 0.6) is 0 Å². The van der Waals surface area contributed by atoms with E-state index in [1.54, 1.807) is 6.92 Å². The van der Waals surface area contributed by atoms with E-state index in [4.69, 9.17) is 4.84 Å². The normalized spacial score (nSPS) is 10.9. The minimum Gasteiger partial charge on any atom is -0.448 e.